The van der Waals surface area contributed by atoms with E-state index in [-0.39, 0.29) is 46.8 Å². The molecule has 1 heterocycles. The molecule has 0 aromatic heterocycles. The van der Waals surface area contributed by atoms with Crippen LogP contribution in [0.5, 0.6) is 5.75 Å². The number of hydrogen-bond donors (Lipinski definition) is 2. The summed E-state index contributed by atoms with van der Waals surface area (Å²) < 4.78 is 39.5. The minimum absolute atomic E-state index is 0.00312. The second-order valence-corrected chi connectivity index (χ2v) is 35.5. The maximum absolute atomic E-state index is 13.2. The molecule has 57 heavy (non-hydrogen) atoms. The van der Waals surface area contributed by atoms with Gasteiger partial charge in [0.2, 0.25) is 5.91 Å². The number of nitrogens with zero attached hydrogens (tertiary/aromatic N) is 1. The van der Waals surface area contributed by atoms with E-state index in [4.69, 9.17) is 32.3 Å². The highest BCUT2D eigenvalue weighted by Gasteiger charge is 2.65. The van der Waals surface area contributed by atoms with Gasteiger partial charge < -0.3 is 37.7 Å². The van der Waals surface area contributed by atoms with Crippen molar-refractivity contribution in [1.82, 2.24) is 5.06 Å². The number of ether oxygens (including phenoxy) is 3. The highest BCUT2D eigenvalue weighted by Crippen LogP contribution is 2.52. The van der Waals surface area contributed by atoms with Crippen molar-refractivity contribution in [2.24, 2.45) is 17.8 Å². The topological polar surface area (TPSA) is 129 Å². The normalized spacial score (nSPS) is 21.7. The Morgan fingerprint density at radius 1 is 0.807 bits per heavy atom. The van der Waals surface area contributed by atoms with Gasteiger partial charge in [-0.15, -0.1) is 0 Å². The van der Waals surface area contributed by atoms with Crippen LogP contribution in [0.4, 0.5) is 0 Å². The number of benzene rings is 1. The van der Waals surface area contributed by atoms with Gasteiger partial charge in [-0.3, -0.25) is 9.63 Å². The fraction of sp³-hybridized carbons (Fsp3) is 0.837. The van der Waals surface area contributed by atoms with Gasteiger partial charge in [0.1, 0.15) is 11.4 Å². The molecule has 0 saturated carbocycles. The summed E-state index contributed by atoms with van der Waals surface area (Å²) in [4.78, 5) is 18.4. The average molecular weight is 858 g/mol. The molecule has 0 bridgehead atoms. The van der Waals surface area contributed by atoms with Gasteiger partial charge >= 0.3 is 0 Å². The van der Waals surface area contributed by atoms with Crippen molar-refractivity contribution >= 4 is 30.9 Å². The van der Waals surface area contributed by atoms with E-state index < -0.39 is 66.6 Å². The Morgan fingerprint density at radius 2 is 1.28 bits per heavy atom. The second kappa shape index (κ2) is 19.7. The number of aliphatic hydroxyl groups is 2. The first kappa shape index (κ1) is 52.0. The van der Waals surface area contributed by atoms with E-state index in [1.54, 1.807) is 7.11 Å². The molecule has 1 aromatic rings. The quantitative estimate of drug-likeness (QED) is 0.0664. The number of carbonyl (C=O) groups is 1. The Morgan fingerprint density at radius 3 is 1.72 bits per heavy atom. The number of rotatable bonds is 22. The standard InChI is InChI=1S/C43H83NO10Si3/c1-30(26-50-27-31-21-23-32(48-13)24-22-31)38-43(11,53-38)39(54-57(19,20)42(8,9)10)34(29-52-56(17,18)41(5,6)7)37(47)33(28-51-55(15,16)40(2,3)4)35(45)25-36(46)44(12)49-14/h21-24,30,33-35,37-39,45,47H,25-29H2,1-20H3/t30-,33-,34-,35-,37-,38+,39-,43-/m0/s1. The maximum atomic E-state index is 13.2. The largest absolute Gasteiger partial charge is 0.497 e. The number of methoxy groups -OCH3 is 1. The molecule has 1 aromatic carbocycles. The van der Waals surface area contributed by atoms with Crippen molar-refractivity contribution in [1.29, 1.82) is 0 Å². The van der Waals surface area contributed by atoms with Crippen LogP contribution >= 0.6 is 0 Å². The van der Waals surface area contributed by atoms with Crippen LogP contribution in [-0.4, -0.2) is 117 Å². The van der Waals surface area contributed by atoms with Gasteiger partial charge in [0.05, 0.1) is 58.3 Å². The monoisotopic (exact) mass is 858 g/mol. The molecule has 1 saturated heterocycles. The number of carbonyl (C=O) groups excluding carboxylic acids is 1. The SMILES string of the molecule is COc1ccc(COC[C@H](C)[C@H]2O[C@]2(C)[C@@H](O[Si](C)(C)C(C)(C)C)[C@@H](CO[Si](C)(C)C(C)(C)C)[C@@H](O)[C@@H](CO[Si](C)(C)C(C)(C)C)[C@@H](O)CC(=O)N(C)OC)cc1. The molecule has 11 nitrogen and oxygen atoms in total. The number of hydroxylamine groups is 2. The average Bonchev–Trinajstić information content (AvgIpc) is 3.78. The molecule has 1 amide bonds. The Hall–Kier alpha value is -1.18. The highest BCUT2D eigenvalue weighted by molar-refractivity contribution is 6.75. The van der Waals surface area contributed by atoms with E-state index in [1.807, 2.05) is 24.3 Å². The van der Waals surface area contributed by atoms with Crippen LogP contribution in [0, 0.1) is 17.8 Å². The summed E-state index contributed by atoms with van der Waals surface area (Å²) in [6.45, 7) is 38.2. The summed E-state index contributed by atoms with van der Waals surface area (Å²) in [5, 5.41) is 25.6. The fourth-order valence-corrected chi connectivity index (χ4v) is 9.65. The third-order valence-corrected chi connectivity index (χ3v) is 27.1. The van der Waals surface area contributed by atoms with E-state index in [2.05, 4.69) is 115 Å². The zero-order valence-corrected chi connectivity index (χ0v) is 42.5. The van der Waals surface area contributed by atoms with E-state index in [0.717, 1.165) is 16.4 Å². The van der Waals surface area contributed by atoms with Crippen LogP contribution in [0.25, 0.3) is 0 Å². The number of hydrogen-bond acceptors (Lipinski definition) is 10. The van der Waals surface area contributed by atoms with E-state index in [1.165, 1.54) is 14.2 Å². The molecule has 1 fully saturated rings. The Bertz CT molecular complexity index is 1410. The first-order chi connectivity index (χ1) is 25.8. The molecular weight excluding hydrogens is 775 g/mol. The van der Waals surface area contributed by atoms with Crippen LogP contribution in [0.2, 0.25) is 54.4 Å². The van der Waals surface area contributed by atoms with Gasteiger partial charge in [-0.1, -0.05) is 81.4 Å². The van der Waals surface area contributed by atoms with Crippen molar-refractivity contribution in [3.05, 3.63) is 29.8 Å². The lowest BCUT2D eigenvalue weighted by Gasteiger charge is -2.47. The summed E-state index contributed by atoms with van der Waals surface area (Å²) in [6.07, 6.45) is -3.53. The van der Waals surface area contributed by atoms with Crippen molar-refractivity contribution in [2.45, 2.75) is 174 Å². The van der Waals surface area contributed by atoms with Crippen LogP contribution in [0.15, 0.2) is 24.3 Å². The smallest absolute Gasteiger partial charge is 0.248 e. The lowest BCUT2D eigenvalue weighted by atomic mass is 9.78. The van der Waals surface area contributed by atoms with E-state index in [9.17, 15) is 15.0 Å². The molecule has 14 heteroatoms. The molecule has 1 aliphatic rings. The zero-order valence-electron chi connectivity index (χ0n) is 39.5. The summed E-state index contributed by atoms with van der Waals surface area (Å²) in [5.41, 5.74) is 0.246. The predicted molar refractivity (Wildman–Crippen MR) is 237 cm³/mol. The molecule has 8 atom stereocenters. The number of aliphatic hydroxyl groups excluding tert-OH is 2. The van der Waals surface area contributed by atoms with Crippen molar-refractivity contribution in [2.75, 3.05) is 41.1 Å². The summed E-state index contributed by atoms with van der Waals surface area (Å²) >= 11 is 0. The third-order valence-electron chi connectivity index (χ3n) is 13.7. The molecule has 0 spiro atoms. The van der Waals surface area contributed by atoms with Crippen molar-refractivity contribution < 1.29 is 47.3 Å². The first-order valence-corrected chi connectivity index (χ1v) is 29.5. The van der Waals surface area contributed by atoms with Gasteiger partial charge in [-0.05, 0) is 79.0 Å². The minimum atomic E-state index is -2.52. The zero-order chi connectivity index (χ0) is 44.2. The van der Waals surface area contributed by atoms with Gasteiger partial charge in [0.15, 0.2) is 25.0 Å². The van der Waals surface area contributed by atoms with E-state index >= 15 is 0 Å². The lowest BCUT2D eigenvalue weighted by molar-refractivity contribution is -0.173. The third kappa shape index (κ3) is 13.7. The summed E-state index contributed by atoms with van der Waals surface area (Å²) in [7, 11) is -2.66. The fourth-order valence-electron chi connectivity index (χ4n) is 6.17. The van der Waals surface area contributed by atoms with Gasteiger partial charge in [-0.2, -0.15) is 0 Å². The maximum Gasteiger partial charge on any atom is 0.248 e. The molecule has 0 unspecified atom stereocenters. The Labute approximate surface area is 350 Å². The molecule has 332 valence electrons. The van der Waals surface area contributed by atoms with Gasteiger partial charge in [0.25, 0.3) is 0 Å². The Kier molecular flexibility index (Phi) is 17.9. The molecule has 0 aliphatic carbocycles. The van der Waals surface area contributed by atoms with Crippen LogP contribution in [0.1, 0.15) is 88.1 Å². The highest BCUT2D eigenvalue weighted by atomic mass is 28.4. The van der Waals surface area contributed by atoms with Crippen LogP contribution in [-0.2, 0) is 39.0 Å². The molecule has 2 N–H and O–H groups in total. The van der Waals surface area contributed by atoms with Crippen molar-refractivity contribution in [3.63, 3.8) is 0 Å². The van der Waals surface area contributed by atoms with Crippen molar-refractivity contribution in [3.8, 4) is 5.75 Å². The number of epoxide rings is 1. The van der Waals surface area contributed by atoms with Gasteiger partial charge in [0, 0.05) is 38.0 Å². The molecule has 1 aliphatic heterocycles. The first-order valence-electron chi connectivity index (χ1n) is 20.8. The van der Waals surface area contributed by atoms with E-state index in [0.29, 0.717) is 13.2 Å². The predicted octanol–water partition coefficient (Wildman–Crippen LogP) is 8.80. The molecule has 2 rings (SSSR count). The summed E-state index contributed by atoms with van der Waals surface area (Å²) in [5.74, 6) is -1.10. The van der Waals surface area contributed by atoms with Gasteiger partial charge in [-0.25, -0.2) is 5.06 Å². The minimum Gasteiger partial charge on any atom is -0.497 e. The second-order valence-electron chi connectivity index (χ2n) is 21.2. The summed E-state index contributed by atoms with van der Waals surface area (Å²) in [6, 6.07) is 7.85. The Balaban J connectivity index is 2.68. The molecular formula is C43H83NO10Si3. The molecule has 0 radical (unpaired) electrons. The van der Waals surface area contributed by atoms with Crippen LogP contribution in [0.3, 0.4) is 0 Å². The number of amides is 1. The lowest BCUT2D eigenvalue weighted by Crippen LogP contribution is -2.58. The van der Waals surface area contributed by atoms with Crippen LogP contribution < -0.4 is 4.74 Å².